The van der Waals surface area contributed by atoms with Gasteiger partial charge in [0.1, 0.15) is 0 Å². The lowest BCUT2D eigenvalue weighted by molar-refractivity contribution is 0.122. The van der Waals surface area contributed by atoms with Crippen LogP contribution < -0.4 is 5.32 Å². The molecule has 1 aromatic rings. The number of rotatable bonds is 7. The number of aliphatic hydroxyl groups is 2. The molecule has 0 saturated heterocycles. The van der Waals surface area contributed by atoms with Crippen molar-refractivity contribution in [1.29, 1.82) is 0 Å². The maximum Gasteiger partial charge on any atom is 0.0942 e. The van der Waals surface area contributed by atoms with Crippen molar-refractivity contribution in [3.63, 3.8) is 0 Å². The molecule has 0 amide bonds. The van der Waals surface area contributed by atoms with Crippen molar-refractivity contribution in [1.82, 2.24) is 5.32 Å². The summed E-state index contributed by atoms with van der Waals surface area (Å²) in [5.41, 5.74) is 2.21. The highest BCUT2D eigenvalue weighted by Crippen LogP contribution is 2.22. The number of nitrogens with one attached hydrogen (secondary N) is 1. The Bertz CT molecular complexity index is 335. The summed E-state index contributed by atoms with van der Waals surface area (Å²) >= 11 is 0. The normalized spacial score (nSPS) is 14.8. The molecule has 0 fully saturated rings. The summed E-state index contributed by atoms with van der Waals surface area (Å²) in [6.45, 7) is 6.95. The van der Waals surface area contributed by atoms with Crippen LogP contribution in [-0.4, -0.2) is 29.4 Å². The Morgan fingerprint density at radius 1 is 1.11 bits per heavy atom. The van der Waals surface area contributed by atoms with Crippen molar-refractivity contribution in [2.24, 2.45) is 0 Å². The van der Waals surface area contributed by atoms with Crippen molar-refractivity contribution in [3.05, 3.63) is 35.4 Å². The van der Waals surface area contributed by atoms with Gasteiger partial charge in [-0.1, -0.05) is 45.0 Å². The van der Waals surface area contributed by atoms with Crippen LogP contribution in [-0.2, 0) is 0 Å². The van der Waals surface area contributed by atoms with Gasteiger partial charge in [-0.2, -0.15) is 0 Å². The highest BCUT2D eigenvalue weighted by molar-refractivity contribution is 5.26. The Hall–Kier alpha value is -0.900. The van der Waals surface area contributed by atoms with Gasteiger partial charge in [-0.3, -0.25) is 0 Å². The van der Waals surface area contributed by atoms with Crippen LogP contribution in [0.3, 0.4) is 0 Å². The summed E-state index contributed by atoms with van der Waals surface area (Å²) in [4.78, 5) is 0. The molecule has 0 bridgehead atoms. The third kappa shape index (κ3) is 4.09. The van der Waals surface area contributed by atoms with E-state index in [4.69, 9.17) is 5.11 Å². The second kappa shape index (κ2) is 7.52. The first-order chi connectivity index (χ1) is 8.60. The minimum absolute atomic E-state index is 0.0120. The zero-order chi connectivity index (χ0) is 13.5. The Morgan fingerprint density at radius 3 is 2.11 bits per heavy atom. The van der Waals surface area contributed by atoms with Crippen molar-refractivity contribution in [2.45, 2.75) is 45.3 Å². The standard InChI is InChI=1S/C15H25NO2/c1-4-14(16-9-10-17)15(18)13-7-5-12(6-8-13)11(2)3/h5-8,11,14-18H,4,9-10H2,1-3H3. The maximum atomic E-state index is 10.3. The highest BCUT2D eigenvalue weighted by Gasteiger charge is 2.18. The maximum absolute atomic E-state index is 10.3. The SMILES string of the molecule is CCC(NCCO)C(O)c1ccc(C(C)C)cc1. The van der Waals surface area contributed by atoms with Gasteiger partial charge in [-0.15, -0.1) is 0 Å². The molecule has 18 heavy (non-hydrogen) atoms. The van der Waals surface area contributed by atoms with Crippen LogP contribution >= 0.6 is 0 Å². The monoisotopic (exact) mass is 251 g/mol. The summed E-state index contributed by atoms with van der Waals surface area (Å²) in [6, 6.07) is 8.11. The lowest BCUT2D eigenvalue weighted by Gasteiger charge is -2.23. The average molecular weight is 251 g/mol. The molecule has 0 radical (unpaired) electrons. The molecule has 0 spiro atoms. The van der Waals surface area contributed by atoms with Crippen molar-refractivity contribution >= 4 is 0 Å². The number of hydrogen-bond acceptors (Lipinski definition) is 3. The Labute approximate surface area is 110 Å². The fraction of sp³-hybridized carbons (Fsp3) is 0.600. The fourth-order valence-electron chi connectivity index (χ4n) is 2.04. The largest absolute Gasteiger partial charge is 0.395 e. The molecule has 3 heteroatoms. The van der Waals surface area contributed by atoms with E-state index in [0.29, 0.717) is 12.5 Å². The third-order valence-electron chi connectivity index (χ3n) is 3.28. The van der Waals surface area contributed by atoms with Crippen molar-refractivity contribution in [2.75, 3.05) is 13.2 Å². The van der Waals surface area contributed by atoms with Gasteiger partial charge in [0.15, 0.2) is 0 Å². The summed E-state index contributed by atoms with van der Waals surface area (Å²) in [5.74, 6) is 0.505. The molecular weight excluding hydrogens is 226 g/mol. The topological polar surface area (TPSA) is 52.5 Å². The first-order valence-corrected chi connectivity index (χ1v) is 6.72. The van der Waals surface area contributed by atoms with Crippen LogP contribution in [0.25, 0.3) is 0 Å². The minimum atomic E-state index is -0.525. The van der Waals surface area contributed by atoms with Crippen LogP contribution in [0.1, 0.15) is 50.3 Å². The fourth-order valence-corrected chi connectivity index (χ4v) is 2.04. The lowest BCUT2D eigenvalue weighted by atomic mass is 9.96. The van der Waals surface area contributed by atoms with Gasteiger partial charge in [0.05, 0.1) is 12.7 Å². The summed E-state index contributed by atoms with van der Waals surface area (Å²) < 4.78 is 0. The molecule has 2 atom stereocenters. The van der Waals surface area contributed by atoms with Crippen LogP contribution in [0.5, 0.6) is 0 Å². The van der Waals surface area contributed by atoms with Gasteiger partial charge < -0.3 is 15.5 Å². The van der Waals surface area contributed by atoms with Gasteiger partial charge in [0, 0.05) is 12.6 Å². The second-order valence-corrected chi connectivity index (χ2v) is 4.96. The molecule has 1 aromatic carbocycles. The van der Waals surface area contributed by atoms with Gasteiger partial charge in [-0.05, 0) is 23.5 Å². The molecule has 2 unspecified atom stereocenters. The third-order valence-corrected chi connectivity index (χ3v) is 3.28. The Kier molecular flexibility index (Phi) is 6.33. The van der Waals surface area contributed by atoms with E-state index in [0.717, 1.165) is 12.0 Å². The van der Waals surface area contributed by atoms with Crippen LogP contribution in [0.2, 0.25) is 0 Å². The molecule has 0 aliphatic rings. The van der Waals surface area contributed by atoms with Gasteiger partial charge >= 0.3 is 0 Å². The van der Waals surface area contributed by atoms with E-state index in [1.54, 1.807) is 0 Å². The number of benzene rings is 1. The smallest absolute Gasteiger partial charge is 0.0942 e. The predicted molar refractivity (Wildman–Crippen MR) is 74.7 cm³/mol. The molecular formula is C15H25NO2. The number of hydrogen-bond donors (Lipinski definition) is 3. The van der Waals surface area contributed by atoms with E-state index in [-0.39, 0.29) is 12.6 Å². The molecule has 0 aromatic heterocycles. The zero-order valence-electron chi connectivity index (χ0n) is 11.6. The van der Waals surface area contributed by atoms with E-state index >= 15 is 0 Å². The van der Waals surface area contributed by atoms with Crippen molar-refractivity contribution < 1.29 is 10.2 Å². The first kappa shape index (κ1) is 15.2. The predicted octanol–water partition coefficient (Wildman–Crippen LogP) is 2.20. The van der Waals surface area contributed by atoms with Gasteiger partial charge in [-0.25, -0.2) is 0 Å². The number of aliphatic hydroxyl groups excluding tert-OH is 2. The molecule has 0 aliphatic carbocycles. The average Bonchev–Trinajstić information content (AvgIpc) is 2.39. The second-order valence-electron chi connectivity index (χ2n) is 4.96. The molecule has 0 saturated carbocycles. The Balaban J connectivity index is 2.72. The summed E-state index contributed by atoms with van der Waals surface area (Å²) in [5, 5.41) is 22.3. The highest BCUT2D eigenvalue weighted by atomic mass is 16.3. The van der Waals surface area contributed by atoms with Crippen LogP contribution in [0, 0.1) is 0 Å². The van der Waals surface area contributed by atoms with E-state index < -0.39 is 6.10 Å². The molecule has 102 valence electrons. The quantitative estimate of drug-likeness (QED) is 0.696. The summed E-state index contributed by atoms with van der Waals surface area (Å²) in [6.07, 6.45) is 0.301. The van der Waals surface area contributed by atoms with Crippen molar-refractivity contribution in [3.8, 4) is 0 Å². The van der Waals surface area contributed by atoms with E-state index in [1.807, 2.05) is 19.1 Å². The Morgan fingerprint density at radius 2 is 1.67 bits per heavy atom. The molecule has 1 rings (SSSR count). The van der Waals surface area contributed by atoms with E-state index in [2.05, 4.69) is 31.3 Å². The van der Waals surface area contributed by atoms with Gasteiger partial charge in [0.25, 0.3) is 0 Å². The molecule has 3 N–H and O–H groups in total. The van der Waals surface area contributed by atoms with E-state index in [1.165, 1.54) is 5.56 Å². The lowest BCUT2D eigenvalue weighted by Crippen LogP contribution is -2.36. The minimum Gasteiger partial charge on any atom is -0.395 e. The summed E-state index contributed by atoms with van der Waals surface area (Å²) in [7, 11) is 0. The first-order valence-electron chi connectivity index (χ1n) is 6.72. The van der Waals surface area contributed by atoms with E-state index in [9.17, 15) is 5.11 Å². The van der Waals surface area contributed by atoms with Gasteiger partial charge in [0.2, 0.25) is 0 Å². The van der Waals surface area contributed by atoms with Crippen LogP contribution in [0.4, 0.5) is 0 Å². The molecule has 0 aliphatic heterocycles. The molecule has 0 heterocycles. The zero-order valence-corrected chi connectivity index (χ0v) is 11.6. The molecule has 3 nitrogen and oxygen atoms in total. The van der Waals surface area contributed by atoms with Crippen LogP contribution in [0.15, 0.2) is 24.3 Å².